The van der Waals surface area contributed by atoms with Crippen LogP contribution in [0.15, 0.2) is 30.6 Å². The standard InChI is InChI=1S/C11H8ClN3O2/c12-9-2-1-7(6-16)10(3-9)15-5-8(4-14-15)11(13)17/h1-6H,(H2,13,17). The van der Waals surface area contributed by atoms with Crippen molar-refractivity contribution in [2.45, 2.75) is 0 Å². The first kappa shape index (κ1) is 11.3. The minimum atomic E-state index is -0.578. The first-order valence-corrected chi connectivity index (χ1v) is 5.09. The molecule has 86 valence electrons. The number of halogens is 1. The monoisotopic (exact) mass is 249 g/mol. The number of rotatable bonds is 3. The summed E-state index contributed by atoms with van der Waals surface area (Å²) in [5, 5.41) is 4.43. The van der Waals surface area contributed by atoms with Gasteiger partial charge >= 0.3 is 0 Å². The van der Waals surface area contributed by atoms with Crippen LogP contribution in [0.25, 0.3) is 5.69 Å². The van der Waals surface area contributed by atoms with Crippen molar-refractivity contribution < 1.29 is 9.59 Å². The lowest BCUT2D eigenvalue weighted by Gasteiger charge is -2.04. The number of amides is 1. The number of carbonyl (C=O) groups is 2. The molecule has 0 bridgehead atoms. The lowest BCUT2D eigenvalue weighted by Crippen LogP contribution is -2.09. The van der Waals surface area contributed by atoms with Gasteiger partial charge in [-0.05, 0) is 18.2 Å². The second kappa shape index (κ2) is 4.39. The van der Waals surface area contributed by atoms with Gasteiger partial charge in [0.25, 0.3) is 5.91 Å². The van der Waals surface area contributed by atoms with Crippen LogP contribution in [0, 0.1) is 0 Å². The van der Waals surface area contributed by atoms with Gasteiger partial charge in [-0.1, -0.05) is 11.6 Å². The Hall–Kier alpha value is -2.14. The number of hydrogen-bond acceptors (Lipinski definition) is 3. The van der Waals surface area contributed by atoms with Crippen molar-refractivity contribution in [1.82, 2.24) is 9.78 Å². The summed E-state index contributed by atoms with van der Waals surface area (Å²) in [5.41, 5.74) is 6.31. The van der Waals surface area contributed by atoms with E-state index in [-0.39, 0.29) is 5.56 Å². The van der Waals surface area contributed by atoms with Crippen molar-refractivity contribution in [2.24, 2.45) is 5.73 Å². The molecule has 6 heteroatoms. The molecular weight excluding hydrogens is 242 g/mol. The Labute approximate surface area is 102 Å². The minimum absolute atomic E-state index is 0.266. The fourth-order valence-electron chi connectivity index (χ4n) is 1.40. The molecule has 0 aliphatic rings. The Bertz CT molecular complexity index is 592. The van der Waals surface area contributed by atoms with Crippen molar-refractivity contribution >= 4 is 23.8 Å². The number of nitrogens with zero attached hydrogens (tertiary/aromatic N) is 2. The van der Waals surface area contributed by atoms with Gasteiger partial charge < -0.3 is 5.73 Å². The molecular formula is C11H8ClN3O2. The summed E-state index contributed by atoms with van der Waals surface area (Å²) >= 11 is 5.84. The predicted molar refractivity (Wildman–Crippen MR) is 62.5 cm³/mol. The van der Waals surface area contributed by atoms with Crippen LogP contribution in [-0.4, -0.2) is 22.0 Å². The maximum absolute atomic E-state index is 10.9. The maximum Gasteiger partial charge on any atom is 0.251 e. The average Bonchev–Trinajstić information content (AvgIpc) is 2.78. The van der Waals surface area contributed by atoms with Gasteiger partial charge in [0.2, 0.25) is 0 Å². The van der Waals surface area contributed by atoms with Crippen LogP contribution in [0.3, 0.4) is 0 Å². The van der Waals surface area contributed by atoms with Crippen molar-refractivity contribution in [3.05, 3.63) is 46.7 Å². The lowest BCUT2D eigenvalue weighted by molar-refractivity contribution is 0.1000. The number of carbonyl (C=O) groups excluding carboxylic acids is 2. The number of aldehydes is 1. The molecule has 1 amide bonds. The fraction of sp³-hybridized carbons (Fsp3) is 0. The molecule has 0 unspecified atom stereocenters. The SMILES string of the molecule is NC(=O)c1cnn(-c2cc(Cl)ccc2C=O)c1. The quantitative estimate of drug-likeness (QED) is 0.836. The Balaban J connectivity index is 2.54. The molecule has 1 heterocycles. The molecule has 0 atom stereocenters. The predicted octanol–water partition coefficient (Wildman–Crippen LogP) is 1.44. The first-order chi connectivity index (χ1) is 8.11. The summed E-state index contributed by atoms with van der Waals surface area (Å²) < 4.78 is 1.38. The molecule has 5 nitrogen and oxygen atoms in total. The van der Waals surface area contributed by atoms with E-state index in [1.807, 2.05) is 0 Å². The van der Waals surface area contributed by atoms with Gasteiger partial charge in [-0.3, -0.25) is 9.59 Å². The van der Waals surface area contributed by atoms with E-state index in [2.05, 4.69) is 5.10 Å². The molecule has 2 N–H and O–H groups in total. The van der Waals surface area contributed by atoms with Gasteiger partial charge in [-0.2, -0.15) is 5.10 Å². The van der Waals surface area contributed by atoms with Gasteiger partial charge in [0.1, 0.15) is 0 Å². The third kappa shape index (κ3) is 2.19. The molecule has 0 radical (unpaired) electrons. The van der Waals surface area contributed by atoms with Crippen LogP contribution in [0.2, 0.25) is 5.02 Å². The Morgan fingerprint density at radius 3 is 2.82 bits per heavy atom. The third-order valence-corrected chi connectivity index (χ3v) is 2.47. The molecule has 0 fully saturated rings. The van der Waals surface area contributed by atoms with Crippen molar-refractivity contribution in [1.29, 1.82) is 0 Å². The number of nitrogens with two attached hydrogens (primary N) is 1. The summed E-state index contributed by atoms with van der Waals surface area (Å²) in [4.78, 5) is 21.8. The van der Waals surface area contributed by atoms with E-state index in [1.54, 1.807) is 18.2 Å². The molecule has 0 aliphatic carbocycles. The largest absolute Gasteiger partial charge is 0.366 e. The van der Waals surface area contributed by atoms with Gasteiger partial charge in [0.05, 0.1) is 17.4 Å². The second-order valence-electron chi connectivity index (χ2n) is 3.36. The molecule has 2 rings (SSSR count). The number of hydrogen-bond donors (Lipinski definition) is 1. The summed E-state index contributed by atoms with van der Waals surface area (Å²) in [6.45, 7) is 0. The Morgan fingerprint density at radius 1 is 1.47 bits per heavy atom. The molecule has 1 aromatic heterocycles. The zero-order valence-corrected chi connectivity index (χ0v) is 9.39. The van der Waals surface area contributed by atoms with Crippen LogP contribution in [0.1, 0.15) is 20.7 Å². The summed E-state index contributed by atoms with van der Waals surface area (Å²) in [6, 6.07) is 4.77. The summed E-state index contributed by atoms with van der Waals surface area (Å²) in [6.07, 6.45) is 3.47. The maximum atomic E-state index is 10.9. The summed E-state index contributed by atoms with van der Waals surface area (Å²) in [7, 11) is 0. The number of primary amides is 1. The van der Waals surface area contributed by atoms with Crippen molar-refractivity contribution in [2.75, 3.05) is 0 Å². The van der Waals surface area contributed by atoms with E-state index >= 15 is 0 Å². The van der Waals surface area contributed by atoms with E-state index < -0.39 is 5.91 Å². The molecule has 0 saturated carbocycles. The summed E-state index contributed by atoms with van der Waals surface area (Å²) in [5.74, 6) is -0.578. The first-order valence-electron chi connectivity index (χ1n) is 4.71. The number of aromatic nitrogens is 2. The topological polar surface area (TPSA) is 78.0 Å². The molecule has 0 spiro atoms. The highest BCUT2D eigenvalue weighted by molar-refractivity contribution is 6.30. The average molecular weight is 250 g/mol. The zero-order chi connectivity index (χ0) is 12.4. The third-order valence-electron chi connectivity index (χ3n) is 2.23. The number of benzene rings is 1. The highest BCUT2D eigenvalue weighted by atomic mass is 35.5. The van der Waals surface area contributed by atoms with Gasteiger partial charge in [-0.25, -0.2) is 4.68 Å². The highest BCUT2D eigenvalue weighted by Gasteiger charge is 2.09. The Kier molecular flexibility index (Phi) is 2.93. The van der Waals surface area contributed by atoms with Crippen LogP contribution in [0.5, 0.6) is 0 Å². The van der Waals surface area contributed by atoms with E-state index in [4.69, 9.17) is 17.3 Å². The molecule has 0 saturated heterocycles. The van der Waals surface area contributed by atoms with Crippen LogP contribution < -0.4 is 5.73 Å². The second-order valence-corrected chi connectivity index (χ2v) is 3.80. The highest BCUT2D eigenvalue weighted by Crippen LogP contribution is 2.18. The van der Waals surface area contributed by atoms with Crippen LogP contribution in [-0.2, 0) is 0 Å². The molecule has 2 aromatic rings. The van der Waals surface area contributed by atoms with Gasteiger partial charge in [0, 0.05) is 16.8 Å². The molecule has 0 aliphatic heterocycles. The van der Waals surface area contributed by atoms with E-state index in [1.165, 1.54) is 17.1 Å². The molecule has 17 heavy (non-hydrogen) atoms. The Morgan fingerprint density at radius 2 is 2.24 bits per heavy atom. The normalized spacial score (nSPS) is 10.2. The molecule has 1 aromatic carbocycles. The smallest absolute Gasteiger partial charge is 0.251 e. The van der Waals surface area contributed by atoms with Crippen molar-refractivity contribution in [3.8, 4) is 5.69 Å². The van der Waals surface area contributed by atoms with E-state index in [0.29, 0.717) is 22.6 Å². The fourth-order valence-corrected chi connectivity index (χ4v) is 1.56. The zero-order valence-electron chi connectivity index (χ0n) is 8.63. The lowest BCUT2D eigenvalue weighted by atomic mass is 10.2. The van der Waals surface area contributed by atoms with Gasteiger partial charge in [-0.15, -0.1) is 0 Å². The van der Waals surface area contributed by atoms with Crippen LogP contribution in [0.4, 0.5) is 0 Å². The van der Waals surface area contributed by atoms with E-state index in [9.17, 15) is 9.59 Å². The van der Waals surface area contributed by atoms with Gasteiger partial charge in [0.15, 0.2) is 6.29 Å². The van der Waals surface area contributed by atoms with E-state index in [0.717, 1.165) is 0 Å². The van der Waals surface area contributed by atoms with Crippen molar-refractivity contribution in [3.63, 3.8) is 0 Å². The van der Waals surface area contributed by atoms with Crippen LogP contribution >= 0.6 is 11.6 Å². The minimum Gasteiger partial charge on any atom is -0.366 e.